The molecule has 0 aromatic heterocycles. The fourth-order valence-corrected chi connectivity index (χ4v) is 0.856. The summed E-state index contributed by atoms with van der Waals surface area (Å²) < 4.78 is 0. The first-order valence-electron chi connectivity index (χ1n) is 4.27. The number of rotatable bonds is 0. The van der Waals surface area contributed by atoms with Crippen LogP contribution in [0, 0.1) is 0 Å². The van der Waals surface area contributed by atoms with Crippen molar-refractivity contribution in [3.63, 3.8) is 0 Å². The fourth-order valence-electron chi connectivity index (χ4n) is 0.856. The Balaban J connectivity index is 0.000000245. The molecule has 0 heterocycles. The van der Waals surface area contributed by atoms with Crippen LogP contribution in [0.15, 0.2) is 60.7 Å². The van der Waals surface area contributed by atoms with Crippen molar-refractivity contribution in [1.82, 2.24) is 0 Å². The molecule has 0 aliphatic heterocycles. The molecule has 0 atom stereocenters. The third kappa shape index (κ3) is 6.67. The molecule has 0 aliphatic carbocycles. The molecule has 2 aromatic carbocycles. The zero-order chi connectivity index (χ0) is 10.2. The Morgan fingerprint density at radius 1 is 0.533 bits per heavy atom. The first-order chi connectivity index (χ1) is 6.79. The molecule has 3 heteroatoms. The summed E-state index contributed by atoms with van der Waals surface area (Å²) in [5.41, 5.74) is 0. The molecular formula is C12H13LiO2. The van der Waals surface area contributed by atoms with Crippen molar-refractivity contribution in [2.24, 2.45) is 0 Å². The van der Waals surface area contributed by atoms with Gasteiger partial charge < -0.3 is 10.2 Å². The van der Waals surface area contributed by atoms with Gasteiger partial charge in [-0.05, 0) is 24.3 Å². The number of benzene rings is 2. The summed E-state index contributed by atoms with van der Waals surface area (Å²) >= 11 is 0. The van der Waals surface area contributed by atoms with E-state index in [1.807, 2.05) is 12.1 Å². The molecular weight excluding hydrogens is 183 g/mol. The van der Waals surface area contributed by atoms with Gasteiger partial charge in [0.05, 0.1) is 0 Å². The van der Waals surface area contributed by atoms with Crippen LogP contribution in [-0.4, -0.2) is 29.1 Å². The molecule has 2 rings (SSSR count). The van der Waals surface area contributed by atoms with Gasteiger partial charge in [0.1, 0.15) is 11.5 Å². The molecule has 0 spiro atoms. The summed E-state index contributed by atoms with van der Waals surface area (Å²) in [6, 6.07) is 17.4. The van der Waals surface area contributed by atoms with Crippen molar-refractivity contribution in [2.45, 2.75) is 0 Å². The summed E-state index contributed by atoms with van der Waals surface area (Å²) in [5.74, 6) is 0.644. The third-order valence-corrected chi connectivity index (χ3v) is 1.51. The van der Waals surface area contributed by atoms with E-state index in [1.165, 1.54) is 0 Å². The van der Waals surface area contributed by atoms with Crippen LogP contribution in [0.4, 0.5) is 0 Å². The second-order valence-electron chi connectivity index (χ2n) is 2.67. The van der Waals surface area contributed by atoms with Gasteiger partial charge >= 0.3 is 18.9 Å². The molecule has 2 N–H and O–H groups in total. The number of aromatic hydroxyl groups is 2. The Kier molecular flexibility index (Phi) is 7.26. The molecule has 0 saturated carbocycles. The first-order valence-corrected chi connectivity index (χ1v) is 4.27. The van der Waals surface area contributed by atoms with Crippen molar-refractivity contribution < 1.29 is 10.2 Å². The van der Waals surface area contributed by atoms with Gasteiger partial charge in [-0.15, -0.1) is 0 Å². The molecule has 0 amide bonds. The molecule has 0 unspecified atom stereocenters. The molecule has 0 fully saturated rings. The molecule has 0 aliphatic rings. The Labute approximate surface area is 101 Å². The van der Waals surface area contributed by atoms with Crippen LogP contribution in [-0.2, 0) is 0 Å². The van der Waals surface area contributed by atoms with Gasteiger partial charge in [-0.2, -0.15) is 0 Å². The quantitative estimate of drug-likeness (QED) is 0.634. The summed E-state index contributed by atoms with van der Waals surface area (Å²) in [5, 5.41) is 17.3. The molecule has 0 bridgehead atoms. The van der Waals surface area contributed by atoms with Crippen molar-refractivity contribution >= 4 is 18.9 Å². The van der Waals surface area contributed by atoms with Crippen molar-refractivity contribution in [3.05, 3.63) is 60.7 Å². The number of phenolic OH excluding ortho intramolecular Hbond substituents is 2. The van der Waals surface area contributed by atoms with E-state index < -0.39 is 0 Å². The van der Waals surface area contributed by atoms with Gasteiger partial charge in [-0.3, -0.25) is 0 Å². The predicted octanol–water partition coefficient (Wildman–Crippen LogP) is 2.14. The third-order valence-electron chi connectivity index (χ3n) is 1.51. The minimum absolute atomic E-state index is 0. The molecule has 0 saturated heterocycles. The van der Waals surface area contributed by atoms with Crippen LogP contribution < -0.4 is 0 Å². The number of phenols is 2. The van der Waals surface area contributed by atoms with E-state index in [0.29, 0.717) is 11.5 Å². The van der Waals surface area contributed by atoms with E-state index in [0.717, 1.165) is 0 Å². The van der Waals surface area contributed by atoms with E-state index in [1.54, 1.807) is 48.5 Å². The summed E-state index contributed by atoms with van der Waals surface area (Å²) in [6.45, 7) is 0. The number of para-hydroxylation sites is 2. The average molecular weight is 196 g/mol. The summed E-state index contributed by atoms with van der Waals surface area (Å²) in [4.78, 5) is 0. The summed E-state index contributed by atoms with van der Waals surface area (Å²) in [7, 11) is 0. The van der Waals surface area contributed by atoms with Crippen molar-refractivity contribution in [2.75, 3.05) is 0 Å². The van der Waals surface area contributed by atoms with Crippen molar-refractivity contribution in [1.29, 1.82) is 0 Å². The Morgan fingerprint density at radius 2 is 0.800 bits per heavy atom. The minimum atomic E-state index is 0. The molecule has 0 radical (unpaired) electrons. The standard InChI is InChI=1S/2C6H6O.Li.H/c2*7-6-4-2-1-3-5-6;;/h2*1-5,7H;;. The number of hydrogen-bond donors (Lipinski definition) is 2. The van der Waals surface area contributed by atoms with Gasteiger partial charge in [-0.1, -0.05) is 36.4 Å². The van der Waals surface area contributed by atoms with Crippen LogP contribution in [0.2, 0.25) is 0 Å². The van der Waals surface area contributed by atoms with Crippen LogP contribution in [0.5, 0.6) is 11.5 Å². The molecule has 2 aromatic rings. The molecule has 15 heavy (non-hydrogen) atoms. The maximum absolute atomic E-state index is 8.63. The summed E-state index contributed by atoms with van der Waals surface area (Å²) in [6.07, 6.45) is 0. The molecule has 2 nitrogen and oxygen atoms in total. The van der Waals surface area contributed by atoms with E-state index in [4.69, 9.17) is 10.2 Å². The van der Waals surface area contributed by atoms with Gasteiger partial charge in [-0.25, -0.2) is 0 Å². The Bertz CT molecular complexity index is 311. The topological polar surface area (TPSA) is 40.5 Å². The number of hydrogen-bond acceptors (Lipinski definition) is 2. The van der Waals surface area contributed by atoms with E-state index >= 15 is 0 Å². The van der Waals surface area contributed by atoms with E-state index in [9.17, 15) is 0 Å². The normalized spacial score (nSPS) is 8.00. The second kappa shape index (κ2) is 7.99. The zero-order valence-corrected chi connectivity index (χ0v) is 7.67. The van der Waals surface area contributed by atoms with Crippen LogP contribution in [0.1, 0.15) is 0 Å². The van der Waals surface area contributed by atoms with Gasteiger partial charge in [0.15, 0.2) is 0 Å². The van der Waals surface area contributed by atoms with Crippen LogP contribution >= 0.6 is 0 Å². The average Bonchev–Trinajstić information content (AvgIpc) is 2.21. The SMILES string of the molecule is Oc1ccccc1.Oc1ccccc1.[LiH]. The van der Waals surface area contributed by atoms with Crippen molar-refractivity contribution in [3.8, 4) is 11.5 Å². The maximum atomic E-state index is 8.63. The second-order valence-corrected chi connectivity index (χ2v) is 2.67. The van der Waals surface area contributed by atoms with Crippen LogP contribution in [0.3, 0.4) is 0 Å². The van der Waals surface area contributed by atoms with E-state index in [2.05, 4.69) is 0 Å². The fraction of sp³-hybridized carbons (Fsp3) is 0. The van der Waals surface area contributed by atoms with Gasteiger partial charge in [0.2, 0.25) is 0 Å². The predicted molar refractivity (Wildman–Crippen MR) is 63.4 cm³/mol. The Hall–Kier alpha value is -1.36. The van der Waals surface area contributed by atoms with Gasteiger partial charge in [0, 0.05) is 0 Å². The van der Waals surface area contributed by atoms with Crippen LogP contribution in [0.25, 0.3) is 0 Å². The monoisotopic (exact) mass is 196 g/mol. The Morgan fingerprint density at radius 3 is 0.933 bits per heavy atom. The zero-order valence-electron chi connectivity index (χ0n) is 7.67. The molecule has 74 valence electrons. The first kappa shape index (κ1) is 13.6. The van der Waals surface area contributed by atoms with Gasteiger partial charge in [0.25, 0.3) is 0 Å². The van der Waals surface area contributed by atoms with E-state index in [-0.39, 0.29) is 18.9 Å².